The summed E-state index contributed by atoms with van der Waals surface area (Å²) in [5.41, 5.74) is 0. The summed E-state index contributed by atoms with van der Waals surface area (Å²) < 4.78 is 0. The maximum atomic E-state index is 2.31. The van der Waals surface area contributed by atoms with Gasteiger partial charge in [0.1, 0.15) is 15.9 Å². The molecule has 0 saturated carbocycles. The van der Waals surface area contributed by atoms with Crippen molar-refractivity contribution in [1.82, 2.24) is 0 Å². The van der Waals surface area contributed by atoms with E-state index in [4.69, 9.17) is 0 Å². The van der Waals surface area contributed by atoms with Crippen LogP contribution in [0.1, 0.15) is 20.8 Å². The Kier molecular flexibility index (Phi) is 16.1. The molecule has 0 aromatic heterocycles. The van der Waals surface area contributed by atoms with Crippen molar-refractivity contribution in [1.29, 1.82) is 0 Å². The third-order valence-electron chi connectivity index (χ3n) is 4.69. The zero-order chi connectivity index (χ0) is 18.6. The van der Waals surface area contributed by atoms with Crippen molar-refractivity contribution in [2.75, 3.05) is 18.5 Å². The van der Waals surface area contributed by atoms with Crippen LogP contribution in [0.3, 0.4) is 0 Å². The molecule has 3 aromatic rings. The Morgan fingerprint density at radius 3 is 0.929 bits per heavy atom. The first-order valence-corrected chi connectivity index (χ1v) is 13.3. The van der Waals surface area contributed by atoms with Crippen LogP contribution in [0, 0.1) is 0 Å². The van der Waals surface area contributed by atoms with Crippen LogP contribution < -0.4 is 28.3 Å². The molecule has 0 nitrogen and oxygen atoms in total. The minimum Gasteiger partial charge on any atom is -1.00 e. The fraction of sp³-hybridized carbons (Fsp3) is 0.250. The zero-order valence-corrected chi connectivity index (χ0v) is 21.9. The number of hydrogen-bond donors (Lipinski definition) is 0. The van der Waals surface area contributed by atoms with Gasteiger partial charge < -0.3 is 12.4 Å². The topological polar surface area (TPSA) is 0 Å². The third kappa shape index (κ3) is 8.92. The molecule has 4 heteroatoms. The maximum Gasteiger partial charge on any atom is 1.00 e. The van der Waals surface area contributed by atoms with Crippen LogP contribution in [-0.2, 0) is 22.4 Å². The summed E-state index contributed by atoms with van der Waals surface area (Å²) in [6.07, 6.45) is 4.37. The molecule has 3 rings (SSSR count). The summed E-state index contributed by atoms with van der Waals surface area (Å²) in [6.45, 7) is 6.92. The van der Waals surface area contributed by atoms with E-state index in [1.54, 1.807) is 0 Å². The minimum absolute atomic E-state index is 0. The molecule has 0 unspecified atom stereocenters. The molecule has 0 fully saturated rings. The Morgan fingerprint density at radius 2 is 0.750 bits per heavy atom. The molecule has 0 N–H and O–H groups in total. The van der Waals surface area contributed by atoms with Crippen molar-refractivity contribution in [2.24, 2.45) is 0 Å². The fourth-order valence-corrected chi connectivity index (χ4v) is 7.14. The molecule has 0 spiro atoms. The molecule has 0 radical (unpaired) electrons. The standard InChI is InChI=1S/C18H15P.C6H15P.Au.ClH/c1-4-10-16(11-5-1)19(17-12-6-2-7-13-17)18-14-8-3-9-15-18;1-4-7(5-2)6-3;;/h1-15H;4-6H2,1-3H3;;1H/q;;+1;/p+1. The number of benzene rings is 3. The van der Waals surface area contributed by atoms with E-state index < -0.39 is 7.92 Å². The summed E-state index contributed by atoms with van der Waals surface area (Å²) in [5.74, 6) is 0. The number of rotatable bonds is 6. The van der Waals surface area contributed by atoms with Gasteiger partial charge in [0.2, 0.25) is 0 Å². The predicted molar refractivity (Wildman–Crippen MR) is 126 cm³/mol. The van der Waals surface area contributed by atoms with Gasteiger partial charge in [-0.2, -0.15) is 0 Å². The van der Waals surface area contributed by atoms with Crippen LogP contribution in [0.4, 0.5) is 0 Å². The first-order valence-electron chi connectivity index (χ1n) is 9.66. The van der Waals surface area contributed by atoms with Gasteiger partial charge in [0.05, 0.1) is 26.4 Å². The Morgan fingerprint density at radius 1 is 0.500 bits per heavy atom. The van der Waals surface area contributed by atoms with E-state index in [-0.39, 0.29) is 42.7 Å². The van der Waals surface area contributed by atoms with Crippen molar-refractivity contribution in [3.63, 3.8) is 0 Å². The molecule has 0 heterocycles. The Hall–Kier alpha value is -0.450. The molecular weight excluding hydrogens is 583 g/mol. The quantitative estimate of drug-likeness (QED) is 0.296. The zero-order valence-electron chi connectivity index (χ0n) is 17.0. The van der Waals surface area contributed by atoms with E-state index in [2.05, 4.69) is 112 Å². The molecule has 0 atom stereocenters. The second-order valence-corrected chi connectivity index (χ2v) is 12.4. The van der Waals surface area contributed by atoms with E-state index in [1.807, 2.05) is 0 Å². The second-order valence-electron chi connectivity index (χ2n) is 6.28. The van der Waals surface area contributed by atoms with Crippen molar-refractivity contribution < 1.29 is 34.8 Å². The van der Waals surface area contributed by atoms with Gasteiger partial charge >= 0.3 is 22.4 Å². The second kappa shape index (κ2) is 16.4. The number of halogens is 1. The monoisotopic (exact) mass is 614 g/mol. The largest absolute Gasteiger partial charge is 1.00 e. The maximum absolute atomic E-state index is 2.31. The van der Waals surface area contributed by atoms with Crippen molar-refractivity contribution in [3.8, 4) is 0 Å². The van der Waals surface area contributed by atoms with E-state index >= 15 is 0 Å². The molecule has 0 aliphatic rings. The average Bonchev–Trinajstić information content (AvgIpc) is 2.72. The van der Waals surface area contributed by atoms with Gasteiger partial charge in [-0.25, -0.2) is 0 Å². The predicted octanol–water partition coefficient (Wildman–Crippen LogP) is 2.44. The van der Waals surface area contributed by atoms with Crippen LogP contribution in [0.5, 0.6) is 0 Å². The Balaban J connectivity index is 0.000000707. The summed E-state index contributed by atoms with van der Waals surface area (Å²) in [5, 5.41) is 4.31. The van der Waals surface area contributed by atoms with E-state index in [0.717, 1.165) is 0 Å². The third-order valence-corrected chi connectivity index (χ3v) is 10.4. The molecular formula is C24H32AuClP2+2. The fourth-order valence-electron chi connectivity index (χ4n) is 3.06. The van der Waals surface area contributed by atoms with Crippen LogP contribution in [0.2, 0.25) is 0 Å². The van der Waals surface area contributed by atoms with Crippen LogP contribution in [0.25, 0.3) is 0 Å². The summed E-state index contributed by atoms with van der Waals surface area (Å²) in [7, 11) is -0.740. The minimum atomic E-state index is -0.877. The summed E-state index contributed by atoms with van der Waals surface area (Å²) >= 11 is 0. The van der Waals surface area contributed by atoms with Crippen molar-refractivity contribution in [3.05, 3.63) is 91.0 Å². The van der Waals surface area contributed by atoms with Gasteiger partial charge in [0, 0.05) is 0 Å². The van der Waals surface area contributed by atoms with Crippen LogP contribution in [0.15, 0.2) is 91.0 Å². The first kappa shape index (κ1) is 27.6. The Labute approximate surface area is 196 Å². The molecule has 154 valence electrons. The normalized spacial score (nSPS) is 9.75. The molecule has 0 amide bonds. The first-order chi connectivity index (χ1) is 12.8. The van der Waals surface area contributed by atoms with Gasteiger partial charge in [0.15, 0.2) is 0 Å². The van der Waals surface area contributed by atoms with Gasteiger partial charge in [-0.05, 0) is 65.1 Å². The molecule has 0 bridgehead atoms. The molecule has 28 heavy (non-hydrogen) atoms. The molecule has 0 saturated heterocycles. The van der Waals surface area contributed by atoms with Crippen LogP contribution in [-0.4, -0.2) is 18.5 Å². The van der Waals surface area contributed by atoms with E-state index in [1.165, 1.54) is 34.4 Å². The van der Waals surface area contributed by atoms with Crippen molar-refractivity contribution >= 4 is 31.8 Å². The molecule has 0 aliphatic carbocycles. The van der Waals surface area contributed by atoms with Crippen LogP contribution >= 0.6 is 15.8 Å². The average molecular weight is 615 g/mol. The van der Waals surface area contributed by atoms with Crippen molar-refractivity contribution in [2.45, 2.75) is 20.8 Å². The van der Waals surface area contributed by atoms with Gasteiger partial charge in [-0.3, -0.25) is 0 Å². The molecule has 3 aromatic carbocycles. The van der Waals surface area contributed by atoms with Gasteiger partial charge in [-0.15, -0.1) is 0 Å². The Bertz CT molecular complexity index is 620. The smallest absolute Gasteiger partial charge is 1.00 e. The molecule has 0 aliphatic heterocycles. The van der Waals surface area contributed by atoms with E-state index in [9.17, 15) is 0 Å². The number of hydrogen-bond acceptors (Lipinski definition) is 0. The van der Waals surface area contributed by atoms with Gasteiger partial charge in [-0.1, -0.05) is 54.6 Å². The summed E-state index contributed by atoms with van der Waals surface area (Å²) in [4.78, 5) is 0. The summed E-state index contributed by atoms with van der Waals surface area (Å²) in [6, 6.07) is 32.5. The van der Waals surface area contributed by atoms with Gasteiger partial charge in [0.25, 0.3) is 0 Å². The SMILES string of the molecule is CC[PH+](CC)CC.[Au+].[Cl-].c1ccc([PH+](c2ccccc2)c2ccccc2)cc1. The van der Waals surface area contributed by atoms with E-state index in [0.29, 0.717) is 0 Å².